The van der Waals surface area contributed by atoms with Crippen LogP contribution in [-0.4, -0.2) is 12.6 Å². The van der Waals surface area contributed by atoms with Crippen molar-refractivity contribution < 1.29 is 13.6 Å². The maximum atomic E-state index is 7.02. The molecular weight excluding hydrogens is 675 g/mol. The molecule has 0 aliphatic carbocycles. The summed E-state index contributed by atoms with van der Waals surface area (Å²) in [4.78, 5) is 0. The number of pyridine rings is 1. The molecule has 0 bridgehead atoms. The topological polar surface area (TPSA) is 25.8 Å². The molecule has 1 atom stereocenters. The molecule has 2 aliphatic heterocycles. The Morgan fingerprint density at radius 1 is 0.741 bits per heavy atom. The number of hydrogen-bond donors (Lipinski definition) is 0. The zero-order chi connectivity index (χ0) is 36.7. The second-order valence-electron chi connectivity index (χ2n) is 17.0. The van der Waals surface area contributed by atoms with E-state index in [4.69, 9.17) is 4.42 Å². The van der Waals surface area contributed by atoms with Crippen LogP contribution in [0.2, 0.25) is 19.6 Å². The molecule has 0 radical (unpaired) electrons. The number of furan rings is 1. The van der Waals surface area contributed by atoms with Crippen molar-refractivity contribution in [2.24, 2.45) is 5.92 Å². The van der Waals surface area contributed by atoms with Gasteiger partial charge in [0.15, 0.2) is 22.8 Å². The fourth-order valence-electron chi connectivity index (χ4n) is 9.88. The molecule has 0 saturated heterocycles. The summed E-state index contributed by atoms with van der Waals surface area (Å²) in [6, 6.07) is 47.5. The van der Waals surface area contributed by atoms with Gasteiger partial charge in [-0.25, -0.2) is 0 Å². The molecule has 0 saturated carbocycles. The number of rotatable bonds is 4. The van der Waals surface area contributed by atoms with Crippen LogP contribution in [0.25, 0.3) is 72.1 Å². The largest absolute Gasteiger partial charge is 0.455 e. The summed E-state index contributed by atoms with van der Waals surface area (Å²) in [6.45, 7) is 14.4. The number of aromatic nitrogens is 3. The summed E-state index contributed by atoms with van der Waals surface area (Å²) in [5, 5.41) is 6.28. The second-order valence-corrected chi connectivity index (χ2v) is 22.1. The molecule has 5 heteroatoms. The van der Waals surface area contributed by atoms with E-state index in [1.165, 1.54) is 60.5 Å². The van der Waals surface area contributed by atoms with Gasteiger partial charge in [0.1, 0.15) is 16.8 Å². The standard InChI is InChI=1S/C49H43N3OSi/c1-30(2)25-34-28-43-38-22-19-31(3)26-40(38)49(50(43)29-45(34)54(4,5)6)39-24-23-37-36-15-9-12-18-44(36)53-47(37)46(39)48-51(41-16-10-11-17-42(41)52(48)49)35-21-20-32-13-7-8-14-33(32)27-35/h7-24,26-30H,25H2,1-6H3/q+2. The van der Waals surface area contributed by atoms with Crippen molar-refractivity contribution in [3.63, 3.8) is 0 Å². The predicted octanol–water partition coefficient (Wildman–Crippen LogP) is 10.6. The van der Waals surface area contributed by atoms with Crippen LogP contribution in [0, 0.1) is 12.8 Å². The van der Waals surface area contributed by atoms with Gasteiger partial charge in [0.05, 0.1) is 24.8 Å². The van der Waals surface area contributed by atoms with E-state index >= 15 is 0 Å². The Hall–Kier alpha value is -5.78. The van der Waals surface area contributed by atoms with Gasteiger partial charge in [-0.2, -0.15) is 4.57 Å². The normalized spacial score (nSPS) is 15.9. The number of benzene rings is 6. The number of aryl methyl sites for hydroxylation is 1. The zero-order valence-corrected chi connectivity index (χ0v) is 32.7. The molecule has 1 unspecified atom stereocenters. The van der Waals surface area contributed by atoms with Crippen molar-refractivity contribution >= 4 is 57.0 Å². The highest BCUT2D eigenvalue weighted by atomic mass is 28.3. The molecule has 0 amide bonds. The monoisotopic (exact) mass is 717 g/mol. The average molecular weight is 718 g/mol. The lowest BCUT2D eigenvalue weighted by Crippen LogP contribution is -2.72. The van der Waals surface area contributed by atoms with Crippen LogP contribution in [-0.2, 0) is 12.1 Å². The molecule has 0 fully saturated rings. The van der Waals surface area contributed by atoms with E-state index in [1.54, 1.807) is 0 Å². The Balaban J connectivity index is 1.38. The van der Waals surface area contributed by atoms with E-state index in [0.29, 0.717) is 5.92 Å². The van der Waals surface area contributed by atoms with Crippen molar-refractivity contribution in [3.8, 4) is 28.3 Å². The van der Waals surface area contributed by atoms with Crippen LogP contribution >= 0.6 is 0 Å². The molecule has 3 aromatic heterocycles. The van der Waals surface area contributed by atoms with E-state index in [0.717, 1.165) is 45.4 Å². The first kappa shape index (κ1) is 31.7. The van der Waals surface area contributed by atoms with Gasteiger partial charge < -0.3 is 4.42 Å². The van der Waals surface area contributed by atoms with Crippen molar-refractivity contribution in [3.05, 3.63) is 156 Å². The SMILES string of the molecule is Cc1ccc2c(c1)C1(c3ccc4c(oc5ccccc54)c3-c3n(-c4ccc5ccccc5c4)c4ccccc4[n+]31)[n+]1cc([Si](C)(C)C)c(CC(C)C)cc1-2. The molecule has 0 N–H and O–H groups in total. The Labute approximate surface area is 316 Å². The highest BCUT2D eigenvalue weighted by Gasteiger charge is 2.67. The van der Waals surface area contributed by atoms with Gasteiger partial charge in [-0.1, -0.05) is 106 Å². The molecule has 2 aliphatic rings. The number of fused-ring (bicyclic) bond motifs is 17. The van der Waals surface area contributed by atoms with E-state index < -0.39 is 13.7 Å². The lowest BCUT2D eigenvalue weighted by Gasteiger charge is -2.24. The molecule has 11 rings (SSSR count). The second kappa shape index (κ2) is 10.9. The van der Waals surface area contributed by atoms with Crippen LogP contribution in [0.1, 0.15) is 36.1 Å². The molecule has 9 aromatic rings. The molecule has 54 heavy (non-hydrogen) atoms. The third kappa shape index (κ3) is 4.08. The highest BCUT2D eigenvalue weighted by molar-refractivity contribution is 6.89. The van der Waals surface area contributed by atoms with Crippen molar-refractivity contribution in [1.29, 1.82) is 0 Å². The van der Waals surface area contributed by atoms with Gasteiger partial charge in [-0.05, 0) is 90.2 Å². The summed E-state index contributed by atoms with van der Waals surface area (Å²) in [5.74, 6) is 1.70. The summed E-state index contributed by atoms with van der Waals surface area (Å²) >= 11 is 0. The number of para-hydroxylation sites is 3. The molecule has 6 aromatic carbocycles. The van der Waals surface area contributed by atoms with Gasteiger partial charge in [-0.3, -0.25) is 0 Å². The summed E-state index contributed by atoms with van der Waals surface area (Å²) in [6.07, 6.45) is 3.64. The van der Waals surface area contributed by atoms with Crippen LogP contribution in [0.3, 0.4) is 0 Å². The minimum atomic E-state index is -1.80. The minimum absolute atomic E-state index is 0.561. The van der Waals surface area contributed by atoms with E-state index in [-0.39, 0.29) is 0 Å². The fourth-order valence-corrected chi connectivity index (χ4v) is 11.5. The van der Waals surface area contributed by atoms with Crippen LogP contribution in [0.4, 0.5) is 0 Å². The van der Waals surface area contributed by atoms with Gasteiger partial charge in [0, 0.05) is 22.0 Å². The van der Waals surface area contributed by atoms with Crippen molar-refractivity contribution in [1.82, 2.24) is 4.57 Å². The zero-order valence-electron chi connectivity index (χ0n) is 31.7. The molecular formula is C49H43N3OSi+2. The molecule has 262 valence electrons. The Bertz CT molecular complexity index is 3070. The summed E-state index contributed by atoms with van der Waals surface area (Å²) < 4.78 is 14.9. The van der Waals surface area contributed by atoms with Gasteiger partial charge in [0.2, 0.25) is 5.69 Å². The van der Waals surface area contributed by atoms with Crippen molar-refractivity contribution in [2.45, 2.75) is 52.5 Å². The first-order valence-electron chi connectivity index (χ1n) is 19.4. The van der Waals surface area contributed by atoms with E-state index in [2.05, 4.69) is 188 Å². The first-order valence-corrected chi connectivity index (χ1v) is 22.9. The number of nitrogens with zero attached hydrogens (tertiary/aromatic N) is 3. The lowest BCUT2D eigenvalue weighted by molar-refractivity contribution is -0.944. The third-order valence-corrected chi connectivity index (χ3v) is 14.1. The number of hydrogen-bond acceptors (Lipinski definition) is 1. The Morgan fingerprint density at radius 3 is 2.35 bits per heavy atom. The molecule has 1 spiro atoms. The van der Waals surface area contributed by atoms with Crippen LogP contribution in [0.15, 0.2) is 138 Å². The van der Waals surface area contributed by atoms with Crippen LogP contribution < -0.4 is 14.3 Å². The molecule has 5 heterocycles. The third-order valence-electron chi connectivity index (χ3n) is 12.0. The Morgan fingerprint density at radius 2 is 1.52 bits per heavy atom. The lowest BCUT2D eigenvalue weighted by atomic mass is 9.88. The maximum absolute atomic E-state index is 7.02. The fraction of sp³-hybridized carbons (Fsp3) is 0.184. The number of imidazole rings is 1. The maximum Gasteiger partial charge on any atom is 0.364 e. The minimum Gasteiger partial charge on any atom is -0.455 e. The molecule has 4 nitrogen and oxygen atoms in total. The van der Waals surface area contributed by atoms with Gasteiger partial charge in [0.25, 0.3) is 0 Å². The van der Waals surface area contributed by atoms with E-state index in [9.17, 15) is 0 Å². The van der Waals surface area contributed by atoms with Crippen LogP contribution in [0.5, 0.6) is 0 Å². The van der Waals surface area contributed by atoms with E-state index in [1.807, 2.05) is 0 Å². The highest BCUT2D eigenvalue weighted by Crippen LogP contribution is 2.52. The Kier molecular flexibility index (Phi) is 6.40. The summed E-state index contributed by atoms with van der Waals surface area (Å²) in [5.41, 5.74) is 13.7. The smallest absolute Gasteiger partial charge is 0.364 e. The average Bonchev–Trinajstić information content (AvgIpc) is 3.86. The predicted molar refractivity (Wildman–Crippen MR) is 224 cm³/mol. The quantitative estimate of drug-likeness (QED) is 0.131. The van der Waals surface area contributed by atoms with Crippen molar-refractivity contribution in [2.75, 3.05) is 0 Å². The summed E-state index contributed by atoms with van der Waals surface area (Å²) in [7, 11) is -1.80. The first-order chi connectivity index (χ1) is 26.1. The van der Waals surface area contributed by atoms with Gasteiger partial charge in [-0.15, -0.1) is 9.13 Å². The van der Waals surface area contributed by atoms with Gasteiger partial charge >= 0.3 is 11.5 Å².